The number of hydrogen-bond acceptors (Lipinski definition) is 4. The van der Waals surface area contributed by atoms with Crippen LogP contribution in [0.25, 0.3) is 0 Å². The molecule has 0 fully saturated rings. The summed E-state index contributed by atoms with van der Waals surface area (Å²) < 4.78 is 0. The normalized spacial score (nSPS) is 9.69. The van der Waals surface area contributed by atoms with Gasteiger partial charge in [-0.3, -0.25) is 4.79 Å². The van der Waals surface area contributed by atoms with E-state index in [0.29, 0.717) is 6.54 Å². The Morgan fingerprint density at radius 1 is 1.44 bits per heavy atom. The molecule has 0 atom stereocenters. The Balaban J connectivity index is 2.81. The monoisotopic (exact) mass is 222 g/mol. The summed E-state index contributed by atoms with van der Waals surface area (Å²) in [4.78, 5) is 17.6. The zero-order chi connectivity index (χ0) is 12.0. The number of anilines is 2. The lowest BCUT2D eigenvalue weighted by molar-refractivity contribution is -0.119. The molecule has 2 N–H and O–H groups in total. The second-order valence-electron chi connectivity index (χ2n) is 3.32. The number of aromatic nitrogens is 1. The van der Waals surface area contributed by atoms with Gasteiger partial charge in [-0.2, -0.15) is 0 Å². The zero-order valence-electron chi connectivity index (χ0n) is 9.95. The third kappa shape index (κ3) is 3.12. The van der Waals surface area contributed by atoms with Crippen molar-refractivity contribution in [2.24, 2.45) is 0 Å². The minimum absolute atomic E-state index is 0.0153. The Bertz CT molecular complexity index is 354. The van der Waals surface area contributed by atoms with Crippen molar-refractivity contribution in [1.82, 2.24) is 10.3 Å². The first-order chi connectivity index (χ1) is 7.71. The lowest BCUT2D eigenvalue weighted by atomic mass is 10.4. The highest BCUT2D eigenvalue weighted by Gasteiger charge is 2.09. The maximum absolute atomic E-state index is 11.3. The molecule has 1 amide bonds. The van der Waals surface area contributed by atoms with Crippen LogP contribution in [0.5, 0.6) is 0 Å². The van der Waals surface area contributed by atoms with E-state index in [1.807, 2.05) is 37.1 Å². The number of carbonyl (C=O) groups excluding carboxylic acids is 1. The van der Waals surface area contributed by atoms with Crippen molar-refractivity contribution in [1.29, 1.82) is 0 Å². The van der Waals surface area contributed by atoms with Gasteiger partial charge in [0.05, 0.1) is 6.54 Å². The van der Waals surface area contributed by atoms with E-state index < -0.39 is 0 Å². The fourth-order valence-electron chi connectivity index (χ4n) is 1.35. The predicted molar refractivity (Wildman–Crippen MR) is 65.7 cm³/mol. The highest BCUT2D eigenvalue weighted by Crippen LogP contribution is 2.13. The number of pyridine rings is 1. The van der Waals surface area contributed by atoms with Crippen molar-refractivity contribution >= 4 is 17.5 Å². The topological polar surface area (TPSA) is 57.3 Å². The van der Waals surface area contributed by atoms with Crippen molar-refractivity contribution in [2.75, 3.05) is 37.4 Å². The largest absolute Gasteiger partial charge is 0.373 e. The van der Waals surface area contributed by atoms with Gasteiger partial charge in [0.25, 0.3) is 0 Å². The van der Waals surface area contributed by atoms with Gasteiger partial charge in [0, 0.05) is 20.6 Å². The van der Waals surface area contributed by atoms with E-state index in [0.717, 1.165) is 18.2 Å². The van der Waals surface area contributed by atoms with Gasteiger partial charge in [-0.1, -0.05) is 6.07 Å². The fraction of sp³-hybridized carbons (Fsp3) is 0.455. The summed E-state index contributed by atoms with van der Waals surface area (Å²) in [7, 11) is 3.45. The Labute approximate surface area is 95.9 Å². The first-order valence-electron chi connectivity index (χ1n) is 5.31. The number of nitrogens with one attached hydrogen (secondary N) is 2. The van der Waals surface area contributed by atoms with Crippen LogP contribution in [0, 0.1) is 0 Å². The summed E-state index contributed by atoms with van der Waals surface area (Å²) in [5, 5.41) is 5.58. The minimum atomic E-state index is -0.0153. The van der Waals surface area contributed by atoms with Crippen LogP contribution < -0.4 is 15.5 Å². The lowest BCUT2D eigenvalue weighted by Crippen LogP contribution is -2.36. The molecular formula is C11H18N4O. The minimum Gasteiger partial charge on any atom is -0.373 e. The molecule has 0 unspecified atom stereocenters. The maximum atomic E-state index is 11.3. The molecule has 0 radical (unpaired) electrons. The van der Waals surface area contributed by atoms with E-state index in [1.165, 1.54) is 0 Å². The molecule has 0 bridgehead atoms. The number of likely N-dealkylation sites (N-methyl/N-ethyl adjacent to an activating group) is 2. The van der Waals surface area contributed by atoms with Gasteiger partial charge >= 0.3 is 0 Å². The third-order valence-electron chi connectivity index (χ3n) is 2.31. The van der Waals surface area contributed by atoms with Crippen LogP contribution in [0.1, 0.15) is 6.92 Å². The van der Waals surface area contributed by atoms with Crippen LogP contribution in [0.15, 0.2) is 18.2 Å². The van der Waals surface area contributed by atoms with Crippen molar-refractivity contribution in [3.8, 4) is 0 Å². The molecule has 16 heavy (non-hydrogen) atoms. The molecule has 0 aliphatic heterocycles. The number of rotatable bonds is 5. The standard InChI is InChI=1S/C11H18N4O/c1-4-15(8-11(16)13-3)10-7-5-6-9(12-2)14-10/h5-7H,4,8H2,1-3H3,(H,12,14)(H,13,16). The summed E-state index contributed by atoms with van der Waals surface area (Å²) in [5.74, 6) is 1.59. The summed E-state index contributed by atoms with van der Waals surface area (Å²) in [5.41, 5.74) is 0. The summed E-state index contributed by atoms with van der Waals surface area (Å²) in [6, 6.07) is 5.70. The highest BCUT2D eigenvalue weighted by atomic mass is 16.1. The Morgan fingerprint density at radius 3 is 2.75 bits per heavy atom. The van der Waals surface area contributed by atoms with Crippen LogP contribution >= 0.6 is 0 Å². The van der Waals surface area contributed by atoms with E-state index in [9.17, 15) is 4.79 Å². The van der Waals surface area contributed by atoms with Gasteiger partial charge in [-0.25, -0.2) is 4.98 Å². The average Bonchev–Trinajstić information content (AvgIpc) is 2.35. The fourth-order valence-corrected chi connectivity index (χ4v) is 1.35. The maximum Gasteiger partial charge on any atom is 0.239 e. The number of carbonyl (C=O) groups is 1. The van der Waals surface area contributed by atoms with E-state index in [4.69, 9.17) is 0 Å². The van der Waals surface area contributed by atoms with Gasteiger partial charge in [0.1, 0.15) is 11.6 Å². The first kappa shape index (κ1) is 12.3. The van der Waals surface area contributed by atoms with Crippen molar-refractivity contribution in [3.05, 3.63) is 18.2 Å². The van der Waals surface area contributed by atoms with Crippen molar-refractivity contribution in [3.63, 3.8) is 0 Å². The number of hydrogen-bond donors (Lipinski definition) is 2. The molecule has 1 heterocycles. The summed E-state index contributed by atoms with van der Waals surface area (Å²) >= 11 is 0. The highest BCUT2D eigenvalue weighted by molar-refractivity contribution is 5.80. The predicted octanol–water partition coefficient (Wildman–Crippen LogP) is 0.696. The van der Waals surface area contributed by atoms with E-state index >= 15 is 0 Å². The van der Waals surface area contributed by atoms with Gasteiger partial charge in [-0.05, 0) is 19.1 Å². The average molecular weight is 222 g/mol. The van der Waals surface area contributed by atoms with Crippen LogP contribution in [-0.2, 0) is 4.79 Å². The lowest BCUT2D eigenvalue weighted by Gasteiger charge is -2.21. The molecule has 5 nitrogen and oxygen atoms in total. The second kappa shape index (κ2) is 5.95. The number of amides is 1. The molecule has 1 aromatic rings. The van der Waals surface area contributed by atoms with E-state index in [2.05, 4.69) is 15.6 Å². The molecule has 0 aliphatic carbocycles. The Kier molecular flexibility index (Phi) is 4.57. The van der Waals surface area contributed by atoms with Crippen molar-refractivity contribution in [2.45, 2.75) is 6.92 Å². The number of nitrogens with zero attached hydrogens (tertiary/aromatic N) is 2. The molecule has 1 rings (SSSR count). The zero-order valence-corrected chi connectivity index (χ0v) is 9.95. The Morgan fingerprint density at radius 2 is 2.19 bits per heavy atom. The molecular weight excluding hydrogens is 204 g/mol. The third-order valence-corrected chi connectivity index (χ3v) is 2.31. The van der Waals surface area contributed by atoms with Crippen molar-refractivity contribution < 1.29 is 4.79 Å². The Hall–Kier alpha value is -1.78. The SMILES string of the molecule is CCN(CC(=O)NC)c1cccc(NC)n1. The quantitative estimate of drug-likeness (QED) is 0.770. The smallest absolute Gasteiger partial charge is 0.239 e. The van der Waals surface area contributed by atoms with Crippen LogP contribution in [-0.4, -0.2) is 38.1 Å². The van der Waals surface area contributed by atoms with Gasteiger partial charge in [0.15, 0.2) is 0 Å². The van der Waals surface area contributed by atoms with E-state index in [-0.39, 0.29) is 5.91 Å². The molecule has 0 aromatic carbocycles. The molecule has 5 heteroatoms. The first-order valence-corrected chi connectivity index (χ1v) is 5.31. The molecule has 88 valence electrons. The molecule has 0 spiro atoms. The van der Waals surface area contributed by atoms with Gasteiger partial charge in [-0.15, -0.1) is 0 Å². The van der Waals surface area contributed by atoms with Gasteiger partial charge < -0.3 is 15.5 Å². The van der Waals surface area contributed by atoms with Crippen LogP contribution in [0.4, 0.5) is 11.6 Å². The van der Waals surface area contributed by atoms with E-state index in [1.54, 1.807) is 7.05 Å². The van der Waals surface area contributed by atoms with Crippen LogP contribution in [0.3, 0.4) is 0 Å². The molecule has 1 aromatic heterocycles. The summed E-state index contributed by atoms with van der Waals surface area (Å²) in [6.45, 7) is 3.07. The molecule has 0 aliphatic rings. The van der Waals surface area contributed by atoms with Gasteiger partial charge in [0.2, 0.25) is 5.91 Å². The molecule has 0 saturated carbocycles. The van der Waals surface area contributed by atoms with Crippen LogP contribution in [0.2, 0.25) is 0 Å². The summed E-state index contributed by atoms with van der Waals surface area (Å²) in [6.07, 6.45) is 0. The molecule has 0 saturated heterocycles. The second-order valence-corrected chi connectivity index (χ2v) is 3.32.